The van der Waals surface area contributed by atoms with Gasteiger partial charge in [0.1, 0.15) is 56.3 Å². The molecule has 80 heavy (non-hydrogen) atoms. The summed E-state index contributed by atoms with van der Waals surface area (Å²) in [6, 6.07) is 32.8. The van der Waals surface area contributed by atoms with Crippen LogP contribution in [0.1, 0.15) is 49.9 Å². The molecule has 0 atom stereocenters. The molecule has 0 saturated carbocycles. The molecule has 0 aliphatic carbocycles. The van der Waals surface area contributed by atoms with E-state index < -0.39 is 29.4 Å². The molecule has 5 N–H and O–H groups in total. The van der Waals surface area contributed by atoms with Crippen molar-refractivity contribution in [1.82, 2.24) is 14.7 Å². The molecule has 6 heterocycles. The van der Waals surface area contributed by atoms with Gasteiger partial charge in [-0.25, -0.2) is 31.8 Å². The summed E-state index contributed by atoms with van der Waals surface area (Å²) >= 11 is 20.4. The Balaban J connectivity index is 0.000000143. The Morgan fingerprint density at radius 3 is 1.43 bits per heavy atom. The fourth-order valence-electron chi connectivity index (χ4n) is 7.90. The highest BCUT2D eigenvalue weighted by atomic mass is 127. The highest BCUT2D eigenvalue weighted by Gasteiger charge is 2.27. The van der Waals surface area contributed by atoms with Crippen LogP contribution >= 0.6 is 68.1 Å². The van der Waals surface area contributed by atoms with E-state index in [0.717, 1.165) is 90.5 Å². The van der Waals surface area contributed by atoms with Crippen molar-refractivity contribution in [3.63, 3.8) is 0 Å². The number of halogens is 5. The van der Waals surface area contributed by atoms with Gasteiger partial charge >= 0.3 is 0 Å². The number of nitrogen functional groups attached to an aromatic ring is 2. The van der Waals surface area contributed by atoms with Crippen molar-refractivity contribution < 1.29 is 31.4 Å². The fourth-order valence-corrected chi connectivity index (χ4v) is 10.0. The van der Waals surface area contributed by atoms with Crippen LogP contribution in [0.4, 0.5) is 28.4 Å². The van der Waals surface area contributed by atoms with Crippen molar-refractivity contribution in [2.45, 2.75) is 43.9 Å². The predicted molar refractivity (Wildman–Crippen MR) is 333 cm³/mol. The molecule has 6 aromatic carbocycles. The largest absolute Gasteiger partial charge is 0.506 e. The number of nitrogens with two attached hydrogens (primary N) is 2. The van der Waals surface area contributed by atoms with Gasteiger partial charge in [-0.15, -0.1) is 0 Å². The third-order valence-electron chi connectivity index (χ3n) is 12.4. The van der Waals surface area contributed by atoms with E-state index in [1.54, 1.807) is 62.7 Å². The van der Waals surface area contributed by atoms with E-state index in [1.807, 2.05) is 71.0 Å². The lowest BCUT2D eigenvalue weighted by molar-refractivity contribution is 0.476. The van der Waals surface area contributed by atoms with Gasteiger partial charge in [-0.1, -0.05) is 59.1 Å². The molecule has 0 radical (unpaired) electrons. The zero-order valence-electron chi connectivity index (χ0n) is 43.5. The number of phenolic OH excluding ortho intramolecular Hbond substituents is 1. The lowest BCUT2D eigenvalue weighted by Gasteiger charge is -2.21. The molecule has 6 aliphatic heterocycles. The smallest absolute Gasteiger partial charge is 0.234 e. The summed E-state index contributed by atoms with van der Waals surface area (Å²) in [4.78, 5) is 33.0. The first-order chi connectivity index (χ1) is 38.1. The number of phenols is 1. The third kappa shape index (κ3) is 14.5. The summed E-state index contributed by atoms with van der Waals surface area (Å²) in [6.07, 6.45) is 5.49. The van der Waals surface area contributed by atoms with Crippen LogP contribution in [-0.4, -0.2) is 123 Å². The molecule has 0 spiro atoms. The normalized spacial score (nSPS) is 14.9. The third-order valence-corrected chi connectivity index (χ3v) is 18.6. The summed E-state index contributed by atoms with van der Waals surface area (Å²) in [7, 11) is -1.69. The number of fused-ring (bicyclic) bond motifs is 9. The Hall–Kier alpha value is -6.47. The van der Waals surface area contributed by atoms with E-state index >= 15 is 0 Å². The van der Waals surface area contributed by atoms with E-state index in [9.17, 15) is 16.8 Å². The molecule has 418 valence electrons. The van der Waals surface area contributed by atoms with Crippen LogP contribution in [0.3, 0.4) is 0 Å². The van der Waals surface area contributed by atoms with E-state index in [0.29, 0.717) is 50.0 Å². The number of amidine groups is 3. The maximum absolute atomic E-state index is 12.3. The number of aliphatic imine (C=N–C) groups is 6. The lowest BCUT2D eigenvalue weighted by Crippen LogP contribution is -2.29. The first kappa shape index (κ1) is 59.6. The predicted octanol–water partition coefficient (Wildman–Crippen LogP) is 12.3. The highest BCUT2D eigenvalue weighted by Crippen LogP contribution is 2.39. The first-order valence-electron chi connectivity index (χ1n) is 24.8. The minimum atomic E-state index is -3.27. The number of rotatable bonds is 8. The van der Waals surface area contributed by atoms with Crippen molar-refractivity contribution in [3.8, 4) is 28.7 Å². The Morgan fingerprint density at radius 1 is 0.575 bits per heavy atom. The second-order valence-corrected chi connectivity index (χ2v) is 26.7. The Morgan fingerprint density at radius 2 is 0.988 bits per heavy atom. The molecular weight excluding hydrogens is 1260 g/mol. The summed E-state index contributed by atoms with van der Waals surface area (Å²) in [5, 5.41) is 8.90. The minimum absolute atomic E-state index is 0.0247. The van der Waals surface area contributed by atoms with Crippen molar-refractivity contribution in [1.29, 1.82) is 0 Å². The first-order valence-corrected chi connectivity index (χ1v) is 31.1. The molecule has 6 aliphatic rings. The molecule has 0 saturated heterocycles. The van der Waals surface area contributed by atoms with E-state index in [2.05, 4.69) is 69.6 Å². The maximum atomic E-state index is 12.3. The SMILES string of the molecule is CC(C)S(=O)(=O)Cc1cccc(Oc2ccc3c(c2)C2=NCCN2C=N3)c1Cl.CC(C)S(=O)(=O)Cl.Ic1ccc2c(c1)C1=NCCN1C=N2.Nc1cccc(O)c1Cl.Nc1cccc(Oc2ccc3c(c2)C2=NCCN2C=N3)c1Cl. The summed E-state index contributed by atoms with van der Waals surface area (Å²) < 4.78 is 57.8. The van der Waals surface area contributed by atoms with Crippen LogP contribution in [0.5, 0.6) is 28.7 Å². The molecule has 6 aromatic rings. The highest BCUT2D eigenvalue weighted by molar-refractivity contribution is 14.1. The van der Waals surface area contributed by atoms with Gasteiger partial charge in [-0.05, 0) is 141 Å². The molecule has 0 unspecified atom stereocenters. The Labute approximate surface area is 497 Å². The number of aromatic hydroxyl groups is 1. The Bertz CT molecular complexity index is 3730. The standard InChI is InChI=1S/C20H20ClN3O3S.C16H13ClN4O.C10H8IN3.C6H6ClNO.C3H7ClO2S/c1-13(2)28(25,26)11-14-4-3-5-18(19(14)21)27-15-6-7-17-16(10-15)20-22-8-9-24(20)12-23-17;17-15-12(18)2-1-3-14(15)22-10-4-5-13-11(8-10)16-19-6-7-21(16)9-20-13;11-7-1-2-9-8(5-7)10-12-3-4-14(10)6-13-9;7-6-4(8)2-1-3-5(6)9;1-3(2)7(4,5)6/h3-7,10,12-13H,8-9,11H2,1-2H3;1-5,8-9H,6-7,18H2;1-2,5-6H,3-4H2;1-3,9H,8H2;3H,1-2H3. The van der Waals surface area contributed by atoms with Gasteiger partial charge in [0.05, 0.1) is 88.4 Å². The zero-order chi connectivity index (χ0) is 57.5. The van der Waals surface area contributed by atoms with Crippen molar-refractivity contribution >= 4 is 152 Å². The quantitative estimate of drug-likeness (QED) is 0.0732. The maximum Gasteiger partial charge on any atom is 0.234 e. The van der Waals surface area contributed by atoms with Gasteiger partial charge in [0, 0.05) is 50.6 Å². The minimum Gasteiger partial charge on any atom is -0.506 e. The van der Waals surface area contributed by atoms with Crippen LogP contribution in [0.2, 0.25) is 15.1 Å². The average molecular weight is 1310 g/mol. The van der Waals surface area contributed by atoms with Gasteiger partial charge in [0.15, 0.2) is 9.84 Å². The topological polar surface area (TPSA) is 243 Å². The number of nitrogens with zero attached hydrogens (tertiary/aromatic N) is 9. The van der Waals surface area contributed by atoms with Crippen LogP contribution in [0.25, 0.3) is 0 Å². The van der Waals surface area contributed by atoms with E-state index in [1.165, 1.54) is 23.5 Å². The summed E-state index contributed by atoms with van der Waals surface area (Å²) in [5.41, 5.74) is 18.4. The summed E-state index contributed by atoms with van der Waals surface area (Å²) in [6.45, 7) is 11.4. The van der Waals surface area contributed by atoms with Crippen LogP contribution in [0.15, 0.2) is 139 Å². The number of hydrogen-bond acceptors (Lipinski definition) is 18. The number of sulfone groups is 1. The number of anilines is 2. The molecule has 12 rings (SSSR count). The Kier molecular flexibility index (Phi) is 19.4. The van der Waals surface area contributed by atoms with Crippen LogP contribution < -0.4 is 20.9 Å². The van der Waals surface area contributed by atoms with Gasteiger partial charge < -0.3 is 40.7 Å². The average Bonchev–Trinajstić information content (AvgIpc) is 4.25. The lowest BCUT2D eigenvalue weighted by atomic mass is 10.1. The number of ether oxygens (including phenoxy) is 2. The van der Waals surface area contributed by atoms with E-state index in [-0.39, 0.29) is 16.5 Å². The van der Waals surface area contributed by atoms with Crippen molar-refractivity contribution in [2.75, 3.05) is 50.7 Å². The molecule has 25 heteroatoms. The van der Waals surface area contributed by atoms with Crippen LogP contribution in [0, 0.1) is 3.57 Å². The molecule has 0 fully saturated rings. The second-order valence-electron chi connectivity index (χ2n) is 18.6. The molecule has 18 nitrogen and oxygen atoms in total. The zero-order valence-corrected chi connectivity index (χ0v) is 50.3. The van der Waals surface area contributed by atoms with Gasteiger partial charge in [0.25, 0.3) is 0 Å². The molecule has 0 aromatic heterocycles. The van der Waals surface area contributed by atoms with Gasteiger partial charge in [-0.3, -0.25) is 15.0 Å². The van der Waals surface area contributed by atoms with Gasteiger partial charge in [0.2, 0.25) is 9.05 Å². The van der Waals surface area contributed by atoms with Crippen molar-refractivity contribution in [2.24, 2.45) is 30.0 Å². The number of benzene rings is 6. The van der Waals surface area contributed by atoms with Gasteiger partial charge in [-0.2, -0.15) is 0 Å². The number of hydrogen-bond donors (Lipinski definition) is 3. The van der Waals surface area contributed by atoms with Crippen molar-refractivity contribution in [3.05, 3.63) is 150 Å². The van der Waals surface area contributed by atoms with Crippen LogP contribution in [-0.2, 0) is 24.6 Å². The molecule has 0 bridgehead atoms. The summed E-state index contributed by atoms with van der Waals surface area (Å²) in [5.74, 6) is 5.03. The fraction of sp³-hybridized carbons (Fsp3) is 0.236. The molecular formula is C55H54Cl4IN11O7S2. The molecule has 0 amide bonds. The second kappa shape index (κ2) is 26.0. The van der Waals surface area contributed by atoms with E-state index in [4.69, 9.17) is 71.5 Å². The monoisotopic (exact) mass is 1310 g/mol.